The molecule has 0 unspecified atom stereocenters. The minimum atomic E-state index is -0.207. The number of rotatable bonds is 3. The summed E-state index contributed by atoms with van der Waals surface area (Å²) in [5.41, 5.74) is 2.60. The number of oxazole rings is 1. The Balaban J connectivity index is 1.45. The number of amides is 2. The van der Waals surface area contributed by atoms with Crippen molar-refractivity contribution >= 4 is 28.9 Å². The minimum Gasteiger partial charge on any atom is -0.423 e. The van der Waals surface area contributed by atoms with Gasteiger partial charge in [0, 0.05) is 19.0 Å². The van der Waals surface area contributed by atoms with Crippen LogP contribution in [-0.4, -0.2) is 34.8 Å². The fourth-order valence-corrected chi connectivity index (χ4v) is 3.63. The summed E-state index contributed by atoms with van der Waals surface area (Å²) in [6.07, 6.45) is 3.63. The van der Waals surface area contributed by atoms with E-state index in [9.17, 15) is 9.59 Å². The molecule has 4 rings (SSSR count). The maximum Gasteiger partial charge on any atom is 0.302 e. The highest BCUT2D eigenvalue weighted by Crippen LogP contribution is 2.33. The number of aromatic nitrogens is 1. The van der Waals surface area contributed by atoms with Gasteiger partial charge in [0.25, 0.3) is 0 Å². The van der Waals surface area contributed by atoms with Gasteiger partial charge in [-0.25, -0.2) is 0 Å². The number of fused-ring (bicyclic) bond motifs is 1. The topological polar surface area (TPSA) is 75.4 Å². The average Bonchev–Trinajstić information content (AvgIpc) is 3.40. The minimum absolute atomic E-state index is 0.0240. The van der Waals surface area contributed by atoms with Gasteiger partial charge in [0.05, 0.1) is 5.92 Å². The second-order valence-corrected chi connectivity index (χ2v) is 8.84. The van der Waals surface area contributed by atoms with E-state index < -0.39 is 0 Å². The molecule has 0 bridgehead atoms. The highest BCUT2D eigenvalue weighted by molar-refractivity contribution is 5.92. The quantitative estimate of drug-likeness (QED) is 0.895. The van der Waals surface area contributed by atoms with Crippen LogP contribution in [0.5, 0.6) is 0 Å². The van der Waals surface area contributed by atoms with E-state index in [0.29, 0.717) is 12.1 Å². The normalized spacial score (nSPS) is 20.7. The molecule has 1 atom stereocenters. The SMILES string of the molecule is CC(C)(C)c1ccc2oc(NC(=O)[C@H]3CCCN(C(=O)C4CC4)C3)nc2c1. The van der Waals surface area contributed by atoms with Crippen molar-refractivity contribution < 1.29 is 14.0 Å². The van der Waals surface area contributed by atoms with Crippen molar-refractivity contribution in [3.8, 4) is 0 Å². The largest absolute Gasteiger partial charge is 0.423 e. The van der Waals surface area contributed by atoms with Gasteiger partial charge in [0.2, 0.25) is 11.8 Å². The highest BCUT2D eigenvalue weighted by atomic mass is 16.4. The van der Waals surface area contributed by atoms with Gasteiger partial charge in [-0.3, -0.25) is 14.9 Å². The fourth-order valence-electron chi connectivity index (χ4n) is 3.63. The number of anilines is 1. The molecule has 1 aliphatic heterocycles. The number of hydrogen-bond acceptors (Lipinski definition) is 4. The van der Waals surface area contributed by atoms with E-state index in [4.69, 9.17) is 4.42 Å². The van der Waals surface area contributed by atoms with Crippen LogP contribution in [0.25, 0.3) is 11.1 Å². The number of carbonyl (C=O) groups excluding carboxylic acids is 2. The van der Waals surface area contributed by atoms with Crippen molar-refractivity contribution in [1.29, 1.82) is 0 Å². The molecule has 2 fully saturated rings. The molecular formula is C21H27N3O3. The molecule has 1 saturated carbocycles. The van der Waals surface area contributed by atoms with Gasteiger partial charge in [-0.15, -0.1) is 0 Å². The van der Waals surface area contributed by atoms with Gasteiger partial charge in [0.15, 0.2) is 5.58 Å². The number of piperidine rings is 1. The summed E-state index contributed by atoms with van der Waals surface area (Å²) in [4.78, 5) is 31.2. The lowest BCUT2D eigenvalue weighted by Crippen LogP contribution is -2.44. The zero-order valence-electron chi connectivity index (χ0n) is 16.2. The molecular weight excluding hydrogens is 342 g/mol. The third-order valence-electron chi connectivity index (χ3n) is 5.51. The molecule has 1 aromatic heterocycles. The Kier molecular flexibility index (Phi) is 4.44. The number of nitrogens with one attached hydrogen (secondary N) is 1. The van der Waals surface area contributed by atoms with Gasteiger partial charge in [-0.1, -0.05) is 26.8 Å². The Bertz CT molecular complexity index is 876. The summed E-state index contributed by atoms with van der Waals surface area (Å²) in [5.74, 6) is 0.0810. The number of hydrogen-bond donors (Lipinski definition) is 1. The summed E-state index contributed by atoms with van der Waals surface area (Å²) in [6.45, 7) is 7.70. The molecule has 0 radical (unpaired) electrons. The molecule has 1 N–H and O–H groups in total. The van der Waals surface area contributed by atoms with E-state index in [0.717, 1.165) is 37.7 Å². The molecule has 144 valence electrons. The van der Waals surface area contributed by atoms with Crippen molar-refractivity contribution in [2.75, 3.05) is 18.4 Å². The molecule has 1 aliphatic carbocycles. The first-order valence-corrected chi connectivity index (χ1v) is 9.82. The summed E-state index contributed by atoms with van der Waals surface area (Å²) in [7, 11) is 0. The fraction of sp³-hybridized carbons (Fsp3) is 0.571. The maximum atomic E-state index is 12.7. The number of carbonyl (C=O) groups is 2. The van der Waals surface area contributed by atoms with E-state index in [1.165, 1.54) is 5.56 Å². The van der Waals surface area contributed by atoms with E-state index in [1.54, 1.807) is 0 Å². The van der Waals surface area contributed by atoms with Gasteiger partial charge < -0.3 is 9.32 Å². The van der Waals surface area contributed by atoms with Gasteiger partial charge in [-0.2, -0.15) is 4.98 Å². The zero-order chi connectivity index (χ0) is 19.2. The first-order valence-electron chi connectivity index (χ1n) is 9.82. The molecule has 1 saturated heterocycles. The summed E-state index contributed by atoms with van der Waals surface area (Å²) >= 11 is 0. The van der Waals surface area contributed by atoms with Crippen molar-refractivity contribution in [1.82, 2.24) is 9.88 Å². The molecule has 2 aromatic rings. The van der Waals surface area contributed by atoms with E-state index >= 15 is 0 Å². The van der Waals surface area contributed by atoms with E-state index in [2.05, 4.69) is 31.1 Å². The van der Waals surface area contributed by atoms with E-state index in [-0.39, 0.29) is 35.1 Å². The number of benzene rings is 1. The van der Waals surface area contributed by atoms with Crippen LogP contribution in [0.2, 0.25) is 0 Å². The van der Waals surface area contributed by atoms with Crippen LogP contribution in [0, 0.1) is 11.8 Å². The van der Waals surface area contributed by atoms with Crippen LogP contribution in [0.1, 0.15) is 52.0 Å². The maximum absolute atomic E-state index is 12.7. The highest BCUT2D eigenvalue weighted by Gasteiger charge is 2.36. The monoisotopic (exact) mass is 369 g/mol. The Morgan fingerprint density at radius 3 is 2.67 bits per heavy atom. The van der Waals surface area contributed by atoms with Gasteiger partial charge in [-0.05, 0) is 48.8 Å². The molecule has 1 aromatic carbocycles. The third-order valence-corrected chi connectivity index (χ3v) is 5.51. The third kappa shape index (κ3) is 3.84. The van der Waals surface area contributed by atoms with Gasteiger partial charge in [0.1, 0.15) is 5.52 Å². The average molecular weight is 369 g/mol. The molecule has 6 heteroatoms. The van der Waals surface area contributed by atoms with Crippen molar-refractivity contribution in [2.45, 2.75) is 51.9 Å². The van der Waals surface area contributed by atoms with Gasteiger partial charge >= 0.3 is 6.01 Å². The molecule has 0 spiro atoms. The first-order chi connectivity index (χ1) is 12.8. The first kappa shape index (κ1) is 18.0. The Morgan fingerprint density at radius 1 is 1.19 bits per heavy atom. The summed E-state index contributed by atoms with van der Waals surface area (Å²) < 4.78 is 5.70. The predicted octanol–water partition coefficient (Wildman–Crippen LogP) is 3.71. The van der Waals surface area contributed by atoms with Crippen LogP contribution < -0.4 is 5.32 Å². The predicted molar refractivity (Wildman–Crippen MR) is 103 cm³/mol. The summed E-state index contributed by atoms with van der Waals surface area (Å²) in [5, 5.41) is 2.81. The molecule has 6 nitrogen and oxygen atoms in total. The second kappa shape index (κ2) is 6.66. The van der Waals surface area contributed by atoms with Crippen LogP contribution in [-0.2, 0) is 15.0 Å². The standard InChI is InChI=1S/C21H27N3O3/c1-21(2,3)15-8-9-17-16(11-15)22-20(27-17)23-18(25)14-5-4-10-24(12-14)19(26)13-6-7-13/h8-9,11,13-14H,4-7,10,12H2,1-3H3,(H,22,23,25)/t14-/m0/s1. The smallest absolute Gasteiger partial charge is 0.302 e. The van der Waals surface area contributed by atoms with Crippen LogP contribution in [0.4, 0.5) is 6.01 Å². The Morgan fingerprint density at radius 2 is 1.96 bits per heavy atom. The zero-order valence-corrected chi connectivity index (χ0v) is 16.2. The lowest BCUT2D eigenvalue weighted by Gasteiger charge is -2.31. The number of nitrogens with zero attached hydrogens (tertiary/aromatic N) is 2. The lowest BCUT2D eigenvalue weighted by molar-refractivity contribution is -0.135. The van der Waals surface area contributed by atoms with Crippen molar-refractivity contribution in [3.63, 3.8) is 0 Å². The van der Waals surface area contributed by atoms with Crippen LogP contribution >= 0.6 is 0 Å². The molecule has 27 heavy (non-hydrogen) atoms. The number of likely N-dealkylation sites (tertiary alicyclic amines) is 1. The van der Waals surface area contributed by atoms with Crippen LogP contribution in [0.3, 0.4) is 0 Å². The van der Waals surface area contributed by atoms with Crippen LogP contribution in [0.15, 0.2) is 22.6 Å². The second-order valence-electron chi connectivity index (χ2n) is 8.84. The van der Waals surface area contributed by atoms with Crippen molar-refractivity contribution in [2.24, 2.45) is 11.8 Å². The molecule has 2 amide bonds. The molecule has 2 heterocycles. The molecule has 2 aliphatic rings. The summed E-state index contributed by atoms with van der Waals surface area (Å²) in [6, 6.07) is 6.16. The lowest BCUT2D eigenvalue weighted by atomic mass is 9.87. The Labute approximate surface area is 159 Å². The van der Waals surface area contributed by atoms with E-state index in [1.807, 2.05) is 23.1 Å². The van der Waals surface area contributed by atoms with Crippen molar-refractivity contribution in [3.05, 3.63) is 23.8 Å². The Hall–Kier alpha value is -2.37.